The monoisotopic (exact) mass is 376 g/mol. The molecule has 1 fully saturated rings. The average molecular weight is 376 g/mol. The molecule has 0 saturated carbocycles. The highest BCUT2D eigenvalue weighted by Gasteiger charge is 2.30. The Kier molecular flexibility index (Phi) is 7.60. The van der Waals surface area contributed by atoms with Crippen molar-refractivity contribution in [3.63, 3.8) is 0 Å². The van der Waals surface area contributed by atoms with Crippen LogP contribution in [0.1, 0.15) is 38.3 Å². The third-order valence-electron chi connectivity index (χ3n) is 4.66. The maximum absolute atomic E-state index is 11.8. The van der Waals surface area contributed by atoms with Gasteiger partial charge >= 0.3 is 12.0 Å². The summed E-state index contributed by atoms with van der Waals surface area (Å²) in [7, 11) is 0. The number of aliphatic carboxylic acids is 1. The van der Waals surface area contributed by atoms with Crippen molar-refractivity contribution >= 4 is 23.6 Å². The topological polar surface area (TPSA) is 102 Å². The molecule has 8 heteroatoms. The smallest absolute Gasteiger partial charge is 0.325 e. The van der Waals surface area contributed by atoms with Gasteiger partial charge in [-0.2, -0.15) is 0 Å². The van der Waals surface area contributed by atoms with Crippen molar-refractivity contribution in [1.82, 2.24) is 15.1 Å². The van der Waals surface area contributed by atoms with Crippen LogP contribution in [0.2, 0.25) is 0 Å². The number of hydrogen-bond acceptors (Lipinski definition) is 4. The number of nitrogens with zero attached hydrogens (tertiary/aromatic N) is 2. The Morgan fingerprint density at radius 3 is 2.26 bits per heavy atom. The summed E-state index contributed by atoms with van der Waals surface area (Å²) in [6.45, 7) is 6.26. The number of nitrogens with one attached hydrogen (secondary N) is 2. The number of carbonyl (C=O) groups excluding carboxylic acids is 2. The van der Waals surface area contributed by atoms with Crippen LogP contribution < -0.4 is 10.6 Å². The van der Waals surface area contributed by atoms with Crippen LogP contribution in [0.25, 0.3) is 0 Å². The van der Waals surface area contributed by atoms with Gasteiger partial charge in [-0.1, -0.05) is 25.5 Å². The van der Waals surface area contributed by atoms with Crippen LogP contribution in [0.15, 0.2) is 24.3 Å². The molecule has 1 saturated heterocycles. The Balaban J connectivity index is 1.99. The first kappa shape index (κ1) is 20.7. The second kappa shape index (κ2) is 9.91. The van der Waals surface area contributed by atoms with Gasteiger partial charge in [-0.05, 0) is 24.1 Å². The van der Waals surface area contributed by atoms with E-state index in [1.807, 2.05) is 4.90 Å². The van der Waals surface area contributed by atoms with Crippen molar-refractivity contribution in [2.24, 2.45) is 0 Å². The molecule has 3 amide bonds. The number of amides is 3. The third-order valence-corrected chi connectivity index (χ3v) is 4.66. The van der Waals surface area contributed by atoms with Gasteiger partial charge in [0.05, 0.1) is 0 Å². The van der Waals surface area contributed by atoms with E-state index in [-0.39, 0.29) is 11.9 Å². The van der Waals surface area contributed by atoms with E-state index in [0.29, 0.717) is 44.0 Å². The number of unbranched alkanes of at least 4 members (excludes halogenated alkanes) is 1. The van der Waals surface area contributed by atoms with E-state index in [1.54, 1.807) is 29.2 Å². The zero-order valence-corrected chi connectivity index (χ0v) is 15.9. The van der Waals surface area contributed by atoms with Crippen LogP contribution in [-0.4, -0.2) is 65.5 Å². The molecule has 0 spiro atoms. The highest BCUT2D eigenvalue weighted by Crippen LogP contribution is 2.24. The molecule has 1 aliphatic heterocycles. The molecule has 27 heavy (non-hydrogen) atoms. The fourth-order valence-electron chi connectivity index (χ4n) is 3.11. The Bertz CT molecular complexity index is 654. The predicted octanol–water partition coefficient (Wildman–Crippen LogP) is 1.90. The lowest BCUT2D eigenvalue weighted by Gasteiger charge is -2.37. The van der Waals surface area contributed by atoms with Crippen LogP contribution in [0.3, 0.4) is 0 Å². The lowest BCUT2D eigenvalue weighted by molar-refractivity contribution is -0.145. The van der Waals surface area contributed by atoms with E-state index < -0.39 is 12.0 Å². The minimum absolute atomic E-state index is 0.00849. The molecule has 0 bridgehead atoms. The normalized spacial score (nSPS) is 15.9. The van der Waals surface area contributed by atoms with Gasteiger partial charge in [0.2, 0.25) is 5.91 Å². The standard InChI is InChI=1S/C19H28N4O4/c1-3-4-9-20-19(27)21-16-7-5-15(6-8-16)17(18(25)26)23-12-10-22(11-13-23)14(2)24/h5-8,17H,3-4,9-13H2,1-2H3,(H,25,26)(H2,20,21,27)/t17-/m0/s1. The number of rotatable bonds is 7. The van der Waals surface area contributed by atoms with E-state index >= 15 is 0 Å². The summed E-state index contributed by atoms with van der Waals surface area (Å²) in [6, 6.07) is 5.81. The first-order valence-corrected chi connectivity index (χ1v) is 9.29. The minimum Gasteiger partial charge on any atom is -0.480 e. The Morgan fingerprint density at radius 1 is 1.11 bits per heavy atom. The van der Waals surface area contributed by atoms with E-state index in [0.717, 1.165) is 12.8 Å². The molecule has 1 atom stereocenters. The largest absolute Gasteiger partial charge is 0.480 e. The second-order valence-electron chi connectivity index (χ2n) is 6.64. The second-order valence-corrected chi connectivity index (χ2v) is 6.64. The lowest BCUT2D eigenvalue weighted by atomic mass is 10.0. The molecule has 0 aromatic heterocycles. The molecule has 1 aliphatic rings. The maximum atomic E-state index is 11.8. The maximum Gasteiger partial charge on any atom is 0.325 e. The number of piperazine rings is 1. The van der Waals surface area contributed by atoms with Crippen molar-refractivity contribution in [2.45, 2.75) is 32.7 Å². The molecule has 0 radical (unpaired) electrons. The van der Waals surface area contributed by atoms with Crippen molar-refractivity contribution in [3.05, 3.63) is 29.8 Å². The first-order chi connectivity index (χ1) is 12.9. The van der Waals surface area contributed by atoms with E-state index in [9.17, 15) is 19.5 Å². The predicted molar refractivity (Wildman–Crippen MR) is 103 cm³/mol. The molecule has 0 aliphatic carbocycles. The summed E-state index contributed by atoms with van der Waals surface area (Å²) in [5.41, 5.74) is 1.26. The van der Waals surface area contributed by atoms with Crippen molar-refractivity contribution in [1.29, 1.82) is 0 Å². The number of urea groups is 1. The highest BCUT2D eigenvalue weighted by atomic mass is 16.4. The van der Waals surface area contributed by atoms with Crippen LogP contribution >= 0.6 is 0 Å². The summed E-state index contributed by atoms with van der Waals surface area (Å²) in [5, 5.41) is 15.2. The molecule has 1 aromatic carbocycles. The van der Waals surface area contributed by atoms with Crippen LogP contribution in [0.4, 0.5) is 10.5 Å². The van der Waals surface area contributed by atoms with Crippen molar-refractivity contribution in [3.8, 4) is 0 Å². The van der Waals surface area contributed by atoms with Gasteiger partial charge in [0.15, 0.2) is 0 Å². The van der Waals surface area contributed by atoms with Gasteiger partial charge in [-0.15, -0.1) is 0 Å². The summed E-state index contributed by atoms with van der Waals surface area (Å²) >= 11 is 0. The summed E-state index contributed by atoms with van der Waals surface area (Å²) in [6.07, 6.45) is 1.93. The fraction of sp³-hybridized carbons (Fsp3) is 0.526. The Morgan fingerprint density at radius 2 is 1.74 bits per heavy atom. The van der Waals surface area contributed by atoms with E-state index in [2.05, 4.69) is 17.6 Å². The van der Waals surface area contributed by atoms with Crippen LogP contribution in [0, 0.1) is 0 Å². The SMILES string of the molecule is CCCCNC(=O)Nc1ccc([C@@H](C(=O)O)N2CCN(C(C)=O)CC2)cc1. The molecule has 148 valence electrons. The molecule has 2 rings (SSSR count). The summed E-state index contributed by atoms with van der Waals surface area (Å²) in [4.78, 5) is 38.6. The van der Waals surface area contributed by atoms with Gasteiger partial charge in [-0.25, -0.2) is 4.79 Å². The van der Waals surface area contributed by atoms with Gasteiger partial charge in [0.1, 0.15) is 6.04 Å². The quantitative estimate of drug-likeness (QED) is 0.631. The molecule has 1 aromatic rings. The molecular weight excluding hydrogens is 348 g/mol. The van der Waals surface area contributed by atoms with Gasteiger partial charge in [-0.3, -0.25) is 14.5 Å². The Labute approximate surface area is 159 Å². The van der Waals surface area contributed by atoms with Crippen molar-refractivity contribution < 1.29 is 19.5 Å². The average Bonchev–Trinajstić information content (AvgIpc) is 2.64. The Hall–Kier alpha value is -2.61. The number of carbonyl (C=O) groups is 3. The number of carboxylic acid groups (broad SMARTS) is 1. The molecule has 8 nitrogen and oxygen atoms in total. The minimum atomic E-state index is -0.927. The fourth-order valence-corrected chi connectivity index (χ4v) is 3.11. The molecular formula is C19H28N4O4. The summed E-state index contributed by atoms with van der Waals surface area (Å²) in [5.74, 6) is -0.918. The van der Waals surface area contributed by atoms with Crippen LogP contribution in [0.5, 0.6) is 0 Å². The molecule has 0 unspecified atom stereocenters. The number of carboxylic acids is 1. The van der Waals surface area contributed by atoms with E-state index in [1.165, 1.54) is 6.92 Å². The number of hydrogen-bond donors (Lipinski definition) is 3. The highest BCUT2D eigenvalue weighted by molar-refractivity contribution is 5.89. The molecule has 1 heterocycles. The van der Waals surface area contributed by atoms with Crippen molar-refractivity contribution in [2.75, 3.05) is 38.0 Å². The van der Waals surface area contributed by atoms with E-state index in [4.69, 9.17) is 0 Å². The first-order valence-electron chi connectivity index (χ1n) is 9.29. The van der Waals surface area contributed by atoms with Gasteiger partial charge < -0.3 is 20.6 Å². The summed E-state index contributed by atoms with van der Waals surface area (Å²) < 4.78 is 0. The number of anilines is 1. The molecule has 3 N–H and O–H groups in total. The lowest BCUT2D eigenvalue weighted by Crippen LogP contribution is -2.50. The van der Waals surface area contributed by atoms with Crippen LogP contribution in [-0.2, 0) is 9.59 Å². The zero-order chi connectivity index (χ0) is 19.8. The third kappa shape index (κ3) is 5.96. The van der Waals surface area contributed by atoms with Gasteiger partial charge in [0.25, 0.3) is 0 Å². The number of benzene rings is 1. The zero-order valence-electron chi connectivity index (χ0n) is 15.9. The van der Waals surface area contributed by atoms with Gasteiger partial charge in [0, 0.05) is 45.3 Å².